The van der Waals surface area contributed by atoms with E-state index in [4.69, 9.17) is 5.73 Å². The van der Waals surface area contributed by atoms with Gasteiger partial charge in [0.1, 0.15) is 11.6 Å². The maximum Gasteiger partial charge on any atom is 0.148 e. The number of aliphatic hydroxyl groups is 1. The van der Waals surface area contributed by atoms with Crippen molar-refractivity contribution in [2.75, 3.05) is 17.6 Å². The third-order valence-electron chi connectivity index (χ3n) is 1.68. The molecule has 0 bridgehead atoms. The lowest BCUT2D eigenvalue weighted by Gasteiger charge is -2.08. The number of hydrogen-bond acceptors (Lipinski definition) is 5. The average Bonchev–Trinajstić information content (AvgIpc) is 2.16. The van der Waals surface area contributed by atoms with Crippen LogP contribution in [0.5, 0.6) is 0 Å². The summed E-state index contributed by atoms with van der Waals surface area (Å²) in [5, 5.41) is 19.6. The third kappa shape index (κ3) is 3.25. The molecule has 0 aliphatic rings. The lowest BCUT2D eigenvalue weighted by atomic mass is 10.3. The standard InChI is InChI=1S/C8H14N4O/c1-2-6(13)5-10-8-4-3-7(9)11-12-8/h3-4,6,13H,2,5H2,1H3,(H2,9,11)(H,10,12). The van der Waals surface area contributed by atoms with Crippen LogP contribution in [0.2, 0.25) is 0 Å². The number of anilines is 2. The second-order valence-electron chi connectivity index (χ2n) is 2.79. The van der Waals surface area contributed by atoms with Crippen LogP contribution in [0.25, 0.3) is 0 Å². The van der Waals surface area contributed by atoms with Gasteiger partial charge in [-0.3, -0.25) is 0 Å². The first-order valence-corrected chi connectivity index (χ1v) is 4.23. The third-order valence-corrected chi connectivity index (χ3v) is 1.68. The second-order valence-corrected chi connectivity index (χ2v) is 2.79. The van der Waals surface area contributed by atoms with Crippen LogP contribution in [0.1, 0.15) is 13.3 Å². The van der Waals surface area contributed by atoms with Crippen molar-refractivity contribution < 1.29 is 5.11 Å². The molecule has 0 radical (unpaired) electrons. The lowest BCUT2D eigenvalue weighted by molar-refractivity contribution is 0.183. The summed E-state index contributed by atoms with van der Waals surface area (Å²) < 4.78 is 0. The normalized spacial score (nSPS) is 12.5. The van der Waals surface area contributed by atoms with Crippen LogP contribution < -0.4 is 11.1 Å². The van der Waals surface area contributed by atoms with Crippen LogP contribution in [-0.2, 0) is 0 Å². The highest BCUT2D eigenvalue weighted by Crippen LogP contribution is 2.02. The molecule has 1 atom stereocenters. The molecular weight excluding hydrogens is 168 g/mol. The molecular formula is C8H14N4O. The fraction of sp³-hybridized carbons (Fsp3) is 0.500. The zero-order chi connectivity index (χ0) is 9.68. The number of aliphatic hydroxyl groups excluding tert-OH is 1. The topological polar surface area (TPSA) is 84.1 Å². The van der Waals surface area contributed by atoms with Gasteiger partial charge in [0.05, 0.1) is 6.10 Å². The Morgan fingerprint density at radius 2 is 2.31 bits per heavy atom. The lowest BCUT2D eigenvalue weighted by Crippen LogP contribution is -2.18. The van der Waals surface area contributed by atoms with Gasteiger partial charge in [0.15, 0.2) is 0 Å². The van der Waals surface area contributed by atoms with Gasteiger partial charge in [-0.2, -0.15) is 0 Å². The molecule has 0 spiro atoms. The molecule has 1 heterocycles. The van der Waals surface area contributed by atoms with Crippen molar-refractivity contribution in [3.63, 3.8) is 0 Å². The van der Waals surface area contributed by atoms with E-state index in [1.807, 2.05) is 6.92 Å². The van der Waals surface area contributed by atoms with Gasteiger partial charge in [-0.05, 0) is 18.6 Å². The van der Waals surface area contributed by atoms with E-state index >= 15 is 0 Å². The van der Waals surface area contributed by atoms with Gasteiger partial charge < -0.3 is 16.2 Å². The molecule has 0 fully saturated rings. The molecule has 1 unspecified atom stereocenters. The Bertz CT molecular complexity index is 249. The number of nitrogens with zero attached hydrogens (tertiary/aromatic N) is 2. The number of rotatable bonds is 4. The van der Waals surface area contributed by atoms with Crippen molar-refractivity contribution in [2.24, 2.45) is 0 Å². The monoisotopic (exact) mass is 182 g/mol. The van der Waals surface area contributed by atoms with Crippen molar-refractivity contribution in [1.29, 1.82) is 0 Å². The molecule has 0 saturated heterocycles. The molecule has 72 valence electrons. The van der Waals surface area contributed by atoms with Crippen molar-refractivity contribution in [3.05, 3.63) is 12.1 Å². The Labute approximate surface area is 77.0 Å². The quantitative estimate of drug-likeness (QED) is 0.621. The molecule has 0 amide bonds. The van der Waals surface area contributed by atoms with E-state index in [1.54, 1.807) is 12.1 Å². The van der Waals surface area contributed by atoms with Gasteiger partial charge in [-0.25, -0.2) is 0 Å². The number of nitrogens with two attached hydrogens (primary N) is 1. The minimum atomic E-state index is -0.348. The van der Waals surface area contributed by atoms with Crippen LogP contribution in [0, 0.1) is 0 Å². The maximum absolute atomic E-state index is 9.24. The molecule has 0 saturated carbocycles. The Balaban J connectivity index is 2.41. The van der Waals surface area contributed by atoms with E-state index < -0.39 is 0 Å². The summed E-state index contributed by atoms with van der Waals surface area (Å²) in [7, 11) is 0. The summed E-state index contributed by atoms with van der Waals surface area (Å²) in [5.41, 5.74) is 5.36. The Hall–Kier alpha value is -1.36. The Morgan fingerprint density at radius 3 is 2.85 bits per heavy atom. The fourth-order valence-electron chi connectivity index (χ4n) is 0.804. The van der Waals surface area contributed by atoms with Gasteiger partial charge in [0, 0.05) is 6.54 Å². The van der Waals surface area contributed by atoms with Gasteiger partial charge in [-0.15, -0.1) is 10.2 Å². The number of nitrogens with one attached hydrogen (secondary N) is 1. The molecule has 0 aliphatic heterocycles. The molecule has 4 N–H and O–H groups in total. The highest BCUT2D eigenvalue weighted by Gasteiger charge is 2.00. The molecule has 1 aromatic rings. The van der Waals surface area contributed by atoms with E-state index in [9.17, 15) is 5.11 Å². The van der Waals surface area contributed by atoms with Crippen molar-refractivity contribution in [3.8, 4) is 0 Å². The number of hydrogen-bond donors (Lipinski definition) is 3. The minimum absolute atomic E-state index is 0.348. The first-order chi connectivity index (χ1) is 6.22. The smallest absolute Gasteiger partial charge is 0.148 e. The molecule has 5 nitrogen and oxygen atoms in total. The molecule has 1 aromatic heterocycles. The predicted octanol–water partition coefficient (Wildman–Crippen LogP) is 0.242. The largest absolute Gasteiger partial charge is 0.391 e. The summed E-state index contributed by atoms with van der Waals surface area (Å²) >= 11 is 0. The van der Waals surface area contributed by atoms with Crippen LogP contribution in [0.15, 0.2) is 12.1 Å². The van der Waals surface area contributed by atoms with Crippen LogP contribution in [0.4, 0.5) is 11.6 Å². The van der Waals surface area contributed by atoms with E-state index in [-0.39, 0.29) is 6.10 Å². The SMILES string of the molecule is CCC(O)CNc1ccc(N)nn1. The van der Waals surface area contributed by atoms with Gasteiger partial charge in [0.2, 0.25) is 0 Å². The van der Waals surface area contributed by atoms with Crippen molar-refractivity contribution >= 4 is 11.6 Å². The highest BCUT2D eigenvalue weighted by atomic mass is 16.3. The second kappa shape index (κ2) is 4.61. The molecule has 5 heteroatoms. The van der Waals surface area contributed by atoms with Crippen molar-refractivity contribution in [1.82, 2.24) is 10.2 Å². The van der Waals surface area contributed by atoms with Crippen LogP contribution in [-0.4, -0.2) is 28.0 Å². The van der Waals surface area contributed by atoms with Crippen LogP contribution >= 0.6 is 0 Å². The predicted molar refractivity (Wildman–Crippen MR) is 51.2 cm³/mol. The minimum Gasteiger partial charge on any atom is -0.391 e. The van der Waals surface area contributed by atoms with E-state index in [2.05, 4.69) is 15.5 Å². The summed E-state index contributed by atoms with van der Waals surface area (Å²) in [6.45, 7) is 2.40. The molecule has 1 rings (SSSR count). The fourth-order valence-corrected chi connectivity index (χ4v) is 0.804. The van der Waals surface area contributed by atoms with Gasteiger partial charge >= 0.3 is 0 Å². The van der Waals surface area contributed by atoms with Gasteiger partial charge in [0.25, 0.3) is 0 Å². The van der Waals surface area contributed by atoms with Crippen molar-refractivity contribution in [2.45, 2.75) is 19.4 Å². The summed E-state index contributed by atoms with van der Waals surface area (Å²) in [5.74, 6) is 1.02. The number of nitrogen functional groups attached to an aromatic ring is 1. The average molecular weight is 182 g/mol. The summed E-state index contributed by atoms with van der Waals surface area (Å²) in [4.78, 5) is 0. The van der Waals surface area contributed by atoms with Gasteiger partial charge in [-0.1, -0.05) is 6.92 Å². The molecule has 13 heavy (non-hydrogen) atoms. The maximum atomic E-state index is 9.24. The zero-order valence-electron chi connectivity index (χ0n) is 7.57. The van der Waals surface area contributed by atoms with E-state index in [0.717, 1.165) is 6.42 Å². The first kappa shape index (κ1) is 9.73. The summed E-state index contributed by atoms with van der Waals surface area (Å²) in [6, 6.07) is 3.39. The Kier molecular flexibility index (Phi) is 3.45. The zero-order valence-corrected chi connectivity index (χ0v) is 7.57. The molecule has 0 aliphatic carbocycles. The Morgan fingerprint density at radius 1 is 1.54 bits per heavy atom. The van der Waals surface area contributed by atoms with E-state index in [1.165, 1.54) is 0 Å². The summed E-state index contributed by atoms with van der Waals surface area (Å²) in [6.07, 6.45) is 0.370. The molecule has 0 aromatic carbocycles. The van der Waals surface area contributed by atoms with Crippen LogP contribution in [0.3, 0.4) is 0 Å². The number of aromatic nitrogens is 2. The first-order valence-electron chi connectivity index (χ1n) is 4.23. The highest BCUT2D eigenvalue weighted by molar-refractivity contribution is 5.38. The van der Waals surface area contributed by atoms with E-state index in [0.29, 0.717) is 18.2 Å².